The second-order valence-electron chi connectivity index (χ2n) is 6.19. The molecule has 1 atom stereocenters. The van der Waals surface area contributed by atoms with Crippen LogP contribution in [0, 0.1) is 0 Å². The monoisotopic (exact) mass is 319 g/mol. The van der Waals surface area contributed by atoms with Crippen LogP contribution >= 0.6 is 0 Å². The second-order valence-corrected chi connectivity index (χ2v) is 6.19. The number of imidazole rings is 1. The van der Waals surface area contributed by atoms with Crippen molar-refractivity contribution in [3.63, 3.8) is 0 Å². The highest BCUT2D eigenvalue weighted by molar-refractivity contribution is 5.60. The highest BCUT2D eigenvalue weighted by Crippen LogP contribution is 2.36. The van der Waals surface area contributed by atoms with Crippen LogP contribution in [0.5, 0.6) is 5.75 Å². The number of anilines is 1. The first-order valence-electron chi connectivity index (χ1n) is 8.39. The van der Waals surface area contributed by atoms with E-state index in [4.69, 9.17) is 4.74 Å². The maximum atomic E-state index is 5.97. The highest BCUT2D eigenvalue weighted by atomic mass is 16.5. The molecule has 0 amide bonds. The Morgan fingerprint density at radius 3 is 2.92 bits per heavy atom. The molecule has 1 N–H and O–H groups in total. The Balaban J connectivity index is 1.42. The van der Waals surface area contributed by atoms with E-state index in [1.165, 1.54) is 16.8 Å². The largest absolute Gasteiger partial charge is 0.489 e. The van der Waals surface area contributed by atoms with Crippen LogP contribution in [0.3, 0.4) is 0 Å². The number of ether oxygens (including phenoxy) is 1. The van der Waals surface area contributed by atoms with Gasteiger partial charge in [-0.3, -0.25) is 0 Å². The maximum absolute atomic E-state index is 5.97. The zero-order chi connectivity index (χ0) is 16.2. The van der Waals surface area contributed by atoms with Crippen molar-refractivity contribution in [2.75, 3.05) is 11.9 Å². The molecule has 0 fully saturated rings. The van der Waals surface area contributed by atoms with Gasteiger partial charge in [0.15, 0.2) is 0 Å². The van der Waals surface area contributed by atoms with Crippen molar-refractivity contribution < 1.29 is 4.74 Å². The summed E-state index contributed by atoms with van der Waals surface area (Å²) in [6.45, 7) is 2.58. The smallest absolute Gasteiger partial charge is 0.120 e. The summed E-state index contributed by atoms with van der Waals surface area (Å²) in [4.78, 5) is 4.11. The molecule has 1 aliphatic rings. The summed E-state index contributed by atoms with van der Waals surface area (Å²) in [6.07, 6.45) is 6.82. The van der Waals surface area contributed by atoms with Gasteiger partial charge in [-0.2, -0.15) is 0 Å². The molecule has 1 aliphatic heterocycles. The molecule has 4 heteroatoms. The third-order valence-corrected chi connectivity index (χ3v) is 4.55. The van der Waals surface area contributed by atoms with E-state index < -0.39 is 0 Å². The molecule has 4 rings (SSSR count). The normalized spacial score (nSPS) is 15.8. The maximum Gasteiger partial charge on any atom is 0.120 e. The molecule has 0 saturated heterocycles. The number of benzene rings is 2. The number of aromatic nitrogens is 2. The number of rotatable bonds is 6. The van der Waals surface area contributed by atoms with Gasteiger partial charge in [0, 0.05) is 37.1 Å². The van der Waals surface area contributed by atoms with Crippen molar-refractivity contribution in [2.45, 2.75) is 25.5 Å². The lowest BCUT2D eigenvalue weighted by molar-refractivity contribution is 0.306. The predicted octanol–water partition coefficient (Wildman–Crippen LogP) is 4.06. The van der Waals surface area contributed by atoms with E-state index in [9.17, 15) is 0 Å². The SMILES string of the molecule is c1ccc(COc2ccc3c(c2)C(CCn2ccnc2)CN3)cc1. The molecule has 0 aliphatic carbocycles. The van der Waals surface area contributed by atoms with Crippen LogP contribution in [0.1, 0.15) is 23.5 Å². The summed E-state index contributed by atoms with van der Waals surface area (Å²) >= 11 is 0. The average Bonchev–Trinajstić information content (AvgIpc) is 3.28. The first-order valence-corrected chi connectivity index (χ1v) is 8.39. The van der Waals surface area contributed by atoms with Gasteiger partial charge in [-0.15, -0.1) is 0 Å². The third kappa shape index (κ3) is 3.27. The Bertz CT molecular complexity index is 784. The van der Waals surface area contributed by atoms with Gasteiger partial charge in [-0.25, -0.2) is 4.98 Å². The van der Waals surface area contributed by atoms with Gasteiger partial charge in [0.2, 0.25) is 0 Å². The van der Waals surface area contributed by atoms with Crippen molar-refractivity contribution in [3.8, 4) is 5.75 Å². The summed E-state index contributed by atoms with van der Waals surface area (Å²) in [5.41, 5.74) is 3.78. The molecule has 3 aromatic rings. The summed E-state index contributed by atoms with van der Waals surface area (Å²) in [6, 6.07) is 16.6. The van der Waals surface area contributed by atoms with Crippen LogP contribution < -0.4 is 10.1 Å². The molecule has 0 spiro atoms. The third-order valence-electron chi connectivity index (χ3n) is 4.55. The molecule has 0 radical (unpaired) electrons. The summed E-state index contributed by atoms with van der Waals surface area (Å²) in [5.74, 6) is 1.46. The fraction of sp³-hybridized carbons (Fsp3) is 0.250. The lowest BCUT2D eigenvalue weighted by Crippen LogP contribution is -2.06. The van der Waals surface area contributed by atoms with Gasteiger partial charge in [0.1, 0.15) is 12.4 Å². The van der Waals surface area contributed by atoms with E-state index in [-0.39, 0.29) is 0 Å². The van der Waals surface area contributed by atoms with Gasteiger partial charge < -0.3 is 14.6 Å². The van der Waals surface area contributed by atoms with Crippen LogP contribution in [0.4, 0.5) is 5.69 Å². The highest BCUT2D eigenvalue weighted by Gasteiger charge is 2.22. The Morgan fingerprint density at radius 2 is 2.08 bits per heavy atom. The van der Waals surface area contributed by atoms with Gasteiger partial charge in [-0.1, -0.05) is 30.3 Å². The predicted molar refractivity (Wildman–Crippen MR) is 95.3 cm³/mol. The summed E-state index contributed by atoms with van der Waals surface area (Å²) in [7, 11) is 0. The van der Waals surface area contributed by atoms with Crippen LogP contribution in [0.15, 0.2) is 67.3 Å². The van der Waals surface area contributed by atoms with Crippen molar-refractivity contribution in [1.82, 2.24) is 9.55 Å². The minimum atomic E-state index is 0.516. The molecule has 0 bridgehead atoms. The average molecular weight is 319 g/mol. The van der Waals surface area contributed by atoms with E-state index in [0.29, 0.717) is 12.5 Å². The van der Waals surface area contributed by atoms with E-state index in [1.807, 2.05) is 43.0 Å². The zero-order valence-corrected chi connectivity index (χ0v) is 13.6. The number of aryl methyl sites for hydroxylation is 1. The molecule has 4 nitrogen and oxygen atoms in total. The number of fused-ring (bicyclic) bond motifs is 1. The van der Waals surface area contributed by atoms with Gasteiger partial charge in [0.05, 0.1) is 6.33 Å². The van der Waals surface area contributed by atoms with Crippen molar-refractivity contribution in [3.05, 3.63) is 78.4 Å². The second kappa shape index (κ2) is 6.79. The molecule has 24 heavy (non-hydrogen) atoms. The number of hydrogen-bond donors (Lipinski definition) is 1. The molecule has 1 aromatic heterocycles. The molecular weight excluding hydrogens is 298 g/mol. The van der Waals surface area contributed by atoms with Gasteiger partial charge >= 0.3 is 0 Å². The van der Waals surface area contributed by atoms with Crippen molar-refractivity contribution >= 4 is 5.69 Å². The Morgan fingerprint density at radius 1 is 1.17 bits per heavy atom. The lowest BCUT2D eigenvalue weighted by atomic mass is 9.97. The van der Waals surface area contributed by atoms with E-state index in [0.717, 1.165) is 25.3 Å². The van der Waals surface area contributed by atoms with E-state index in [1.54, 1.807) is 0 Å². The van der Waals surface area contributed by atoms with Gasteiger partial charge in [0.25, 0.3) is 0 Å². The van der Waals surface area contributed by atoms with Crippen molar-refractivity contribution in [1.29, 1.82) is 0 Å². The molecule has 1 unspecified atom stereocenters. The first-order chi connectivity index (χ1) is 11.9. The Labute approximate surface area is 142 Å². The van der Waals surface area contributed by atoms with Crippen LogP contribution in [0.25, 0.3) is 0 Å². The van der Waals surface area contributed by atoms with Crippen molar-refractivity contribution in [2.24, 2.45) is 0 Å². The fourth-order valence-corrected chi connectivity index (χ4v) is 3.19. The Hall–Kier alpha value is -2.75. The van der Waals surface area contributed by atoms with Crippen LogP contribution in [-0.4, -0.2) is 16.1 Å². The number of nitrogens with zero attached hydrogens (tertiary/aromatic N) is 2. The quantitative estimate of drug-likeness (QED) is 0.744. The Kier molecular flexibility index (Phi) is 4.19. The standard InChI is InChI=1S/C20H21N3O/c1-2-4-16(5-3-1)14-24-18-6-7-20-19(12-18)17(13-22-20)8-10-23-11-9-21-15-23/h1-7,9,11-12,15,17,22H,8,10,13-14H2. The summed E-state index contributed by atoms with van der Waals surface area (Å²) in [5, 5.41) is 3.50. The lowest BCUT2D eigenvalue weighted by Gasteiger charge is -2.12. The van der Waals surface area contributed by atoms with E-state index >= 15 is 0 Å². The van der Waals surface area contributed by atoms with E-state index in [2.05, 4.69) is 39.1 Å². The van der Waals surface area contributed by atoms with Gasteiger partial charge in [-0.05, 0) is 35.7 Å². The molecule has 0 saturated carbocycles. The number of hydrogen-bond acceptors (Lipinski definition) is 3. The minimum absolute atomic E-state index is 0.516. The van der Waals surface area contributed by atoms with Crippen LogP contribution in [-0.2, 0) is 13.2 Å². The topological polar surface area (TPSA) is 39.1 Å². The molecule has 122 valence electrons. The molecular formula is C20H21N3O. The molecule has 2 aromatic carbocycles. The minimum Gasteiger partial charge on any atom is -0.489 e. The summed E-state index contributed by atoms with van der Waals surface area (Å²) < 4.78 is 8.11. The zero-order valence-electron chi connectivity index (χ0n) is 13.6. The van der Waals surface area contributed by atoms with Crippen LogP contribution in [0.2, 0.25) is 0 Å². The number of nitrogens with one attached hydrogen (secondary N) is 1. The first kappa shape index (κ1) is 14.8. The molecule has 2 heterocycles. The fourth-order valence-electron chi connectivity index (χ4n) is 3.19.